The number of carbonyl (C=O) groups excluding carboxylic acids is 3. The second-order valence-electron chi connectivity index (χ2n) is 10.5. The average molecular weight is 624 g/mol. The van der Waals surface area contributed by atoms with E-state index in [1.165, 1.54) is 35.8 Å². The van der Waals surface area contributed by atoms with Crippen LogP contribution >= 0.6 is 0 Å². The van der Waals surface area contributed by atoms with Crippen molar-refractivity contribution < 1.29 is 27.5 Å². The normalized spacial score (nSPS) is 14.5. The molecule has 2 aromatic carbocycles. The molecule has 13 nitrogen and oxygen atoms in total. The fraction of sp³-hybridized carbons (Fsp3) is 0.333. The predicted molar refractivity (Wildman–Crippen MR) is 166 cm³/mol. The summed E-state index contributed by atoms with van der Waals surface area (Å²) in [5.74, 6) is -0.589. The average Bonchev–Trinajstić information content (AvgIpc) is 3.45. The number of anilines is 2. The third-order valence-electron chi connectivity index (χ3n) is 6.94. The van der Waals surface area contributed by atoms with Crippen molar-refractivity contribution in [2.75, 3.05) is 51.5 Å². The van der Waals surface area contributed by atoms with Gasteiger partial charge in [0.2, 0.25) is 21.8 Å². The van der Waals surface area contributed by atoms with Crippen LogP contribution in [0.3, 0.4) is 0 Å². The Morgan fingerprint density at radius 1 is 1.09 bits per heavy atom. The Kier molecular flexibility index (Phi) is 10.9. The van der Waals surface area contributed by atoms with Gasteiger partial charge in [-0.3, -0.25) is 19.5 Å². The maximum Gasteiger partial charge on any atom is 0.274 e. The van der Waals surface area contributed by atoms with Gasteiger partial charge in [-0.15, -0.1) is 0 Å². The van der Waals surface area contributed by atoms with Crippen LogP contribution in [-0.4, -0.2) is 92.4 Å². The number of methoxy groups -OCH3 is 1. The number of hydrogen-bond acceptors (Lipinski definition) is 8. The number of ether oxygens (including phenoxy) is 1. The van der Waals surface area contributed by atoms with Crippen LogP contribution in [0.25, 0.3) is 0 Å². The van der Waals surface area contributed by atoms with Crippen molar-refractivity contribution in [3.8, 4) is 5.75 Å². The number of aromatic amines is 1. The number of piperidine rings is 1. The van der Waals surface area contributed by atoms with Crippen LogP contribution in [0.15, 0.2) is 71.8 Å². The van der Waals surface area contributed by atoms with Crippen LogP contribution in [0.2, 0.25) is 0 Å². The van der Waals surface area contributed by atoms with Gasteiger partial charge >= 0.3 is 0 Å². The molecule has 0 unspecified atom stereocenters. The van der Waals surface area contributed by atoms with Crippen molar-refractivity contribution in [2.24, 2.45) is 0 Å². The molecule has 0 bridgehead atoms. The summed E-state index contributed by atoms with van der Waals surface area (Å²) < 4.78 is 33.4. The summed E-state index contributed by atoms with van der Waals surface area (Å²) in [6.07, 6.45) is 5.37. The molecular formula is C30H37N7O6S. The SMILES string of the molecule is COc1ccccc1CC(=O)Nc1c[nH]nc1C(=O)NC1CCN(S(=O)(=O)c2cccc(NC(=O)/C=C/CN(C)C)c2)CC1. The molecule has 3 amide bonds. The standard InChI is InChI=1S/C30H37N7O6S/c1-36(2)15-7-12-27(38)32-23-9-6-10-24(19-23)44(41,42)37-16-13-22(14-17-37)33-30(40)29-25(20-31-35-29)34-28(39)18-21-8-4-5-11-26(21)43-3/h4-12,19-20,22H,13-18H2,1-3H3,(H,31,35)(H,32,38)(H,33,40)(H,34,39)/b12-7+. The highest BCUT2D eigenvalue weighted by molar-refractivity contribution is 7.89. The molecule has 44 heavy (non-hydrogen) atoms. The van der Waals surface area contributed by atoms with Gasteiger partial charge in [0.15, 0.2) is 5.69 Å². The molecule has 0 spiro atoms. The lowest BCUT2D eigenvalue weighted by Gasteiger charge is -2.31. The number of para-hydroxylation sites is 1. The van der Waals surface area contributed by atoms with Gasteiger partial charge in [-0.25, -0.2) is 8.42 Å². The molecule has 14 heteroatoms. The zero-order valence-electron chi connectivity index (χ0n) is 24.9. The molecule has 0 atom stereocenters. The first kappa shape index (κ1) is 32.4. The lowest BCUT2D eigenvalue weighted by molar-refractivity contribution is -0.115. The molecule has 1 aliphatic heterocycles. The second kappa shape index (κ2) is 14.8. The molecule has 4 rings (SSSR count). The summed E-state index contributed by atoms with van der Waals surface area (Å²) in [5, 5.41) is 14.9. The number of amides is 3. The minimum Gasteiger partial charge on any atom is -0.496 e. The van der Waals surface area contributed by atoms with E-state index < -0.39 is 15.9 Å². The molecule has 4 N–H and O–H groups in total. The van der Waals surface area contributed by atoms with Crippen LogP contribution < -0.4 is 20.7 Å². The number of aromatic nitrogens is 2. The number of H-pyrrole nitrogens is 1. The molecule has 2 heterocycles. The molecule has 234 valence electrons. The fourth-order valence-corrected chi connectivity index (χ4v) is 6.22. The number of nitrogens with zero attached hydrogens (tertiary/aromatic N) is 3. The van der Waals surface area contributed by atoms with Crippen molar-refractivity contribution in [1.82, 2.24) is 24.7 Å². The van der Waals surface area contributed by atoms with Gasteiger partial charge in [0, 0.05) is 49.2 Å². The molecule has 3 aromatic rings. The molecule has 1 fully saturated rings. The van der Waals surface area contributed by atoms with E-state index in [1.54, 1.807) is 30.3 Å². The smallest absolute Gasteiger partial charge is 0.274 e. The quantitative estimate of drug-likeness (QED) is 0.223. The summed E-state index contributed by atoms with van der Waals surface area (Å²) in [6, 6.07) is 13.0. The van der Waals surface area contributed by atoms with Gasteiger partial charge in [0.25, 0.3) is 5.91 Å². The first-order valence-corrected chi connectivity index (χ1v) is 15.5. The van der Waals surface area contributed by atoms with Crippen LogP contribution in [0, 0.1) is 0 Å². The molecule has 0 radical (unpaired) electrons. The Hall–Kier alpha value is -4.53. The number of rotatable bonds is 12. The van der Waals surface area contributed by atoms with E-state index in [2.05, 4.69) is 26.1 Å². The highest BCUT2D eigenvalue weighted by Gasteiger charge is 2.31. The molecule has 1 saturated heterocycles. The van der Waals surface area contributed by atoms with E-state index >= 15 is 0 Å². The van der Waals surface area contributed by atoms with E-state index in [0.29, 0.717) is 36.4 Å². The summed E-state index contributed by atoms with van der Waals surface area (Å²) in [6.45, 7) is 0.989. The van der Waals surface area contributed by atoms with Crippen molar-refractivity contribution in [3.05, 3.63) is 78.1 Å². The first-order chi connectivity index (χ1) is 21.1. The summed E-state index contributed by atoms with van der Waals surface area (Å²) >= 11 is 0. The van der Waals surface area contributed by atoms with E-state index in [0.717, 1.165) is 0 Å². The highest BCUT2D eigenvalue weighted by atomic mass is 32.2. The summed E-state index contributed by atoms with van der Waals surface area (Å²) in [7, 11) is 1.48. The number of sulfonamides is 1. The van der Waals surface area contributed by atoms with E-state index in [4.69, 9.17) is 4.74 Å². The van der Waals surface area contributed by atoms with Gasteiger partial charge in [-0.05, 0) is 51.2 Å². The van der Waals surface area contributed by atoms with Crippen molar-refractivity contribution in [3.63, 3.8) is 0 Å². The summed E-state index contributed by atoms with van der Waals surface area (Å²) in [5.41, 5.74) is 1.34. The third-order valence-corrected chi connectivity index (χ3v) is 8.84. The van der Waals surface area contributed by atoms with E-state index in [1.807, 2.05) is 31.1 Å². The second-order valence-corrected chi connectivity index (χ2v) is 12.5. The lowest BCUT2D eigenvalue weighted by Crippen LogP contribution is -2.46. The maximum absolute atomic E-state index is 13.4. The zero-order valence-corrected chi connectivity index (χ0v) is 25.7. The molecule has 0 aliphatic carbocycles. The largest absolute Gasteiger partial charge is 0.496 e. The lowest BCUT2D eigenvalue weighted by atomic mass is 10.1. The number of nitrogens with one attached hydrogen (secondary N) is 4. The predicted octanol–water partition coefficient (Wildman–Crippen LogP) is 2.24. The Labute approximate surface area is 256 Å². The Balaban J connectivity index is 1.31. The van der Waals surface area contributed by atoms with E-state index in [-0.39, 0.29) is 53.6 Å². The highest BCUT2D eigenvalue weighted by Crippen LogP contribution is 2.24. The first-order valence-electron chi connectivity index (χ1n) is 14.1. The molecule has 1 aromatic heterocycles. The minimum absolute atomic E-state index is 0.0313. The fourth-order valence-electron chi connectivity index (χ4n) is 4.71. The van der Waals surface area contributed by atoms with Gasteiger partial charge in [0.1, 0.15) is 5.75 Å². The van der Waals surface area contributed by atoms with Gasteiger partial charge in [-0.2, -0.15) is 9.40 Å². The topological polar surface area (TPSA) is 166 Å². The van der Waals surface area contributed by atoms with Crippen LogP contribution in [0.1, 0.15) is 28.9 Å². The van der Waals surface area contributed by atoms with Crippen LogP contribution in [-0.2, 0) is 26.0 Å². The minimum atomic E-state index is -3.82. The van der Waals surface area contributed by atoms with Gasteiger partial charge in [0.05, 0.1) is 24.1 Å². The summed E-state index contributed by atoms with van der Waals surface area (Å²) in [4.78, 5) is 39.9. The number of carbonyl (C=O) groups is 3. The number of likely N-dealkylation sites (N-methyl/N-ethyl adjacent to an activating group) is 1. The van der Waals surface area contributed by atoms with Crippen molar-refractivity contribution >= 4 is 39.1 Å². The third kappa shape index (κ3) is 8.52. The zero-order chi connectivity index (χ0) is 31.7. The van der Waals surface area contributed by atoms with Crippen molar-refractivity contribution in [2.45, 2.75) is 30.2 Å². The molecular weight excluding hydrogens is 586 g/mol. The van der Waals surface area contributed by atoms with Crippen LogP contribution in [0.5, 0.6) is 5.75 Å². The van der Waals surface area contributed by atoms with Crippen LogP contribution in [0.4, 0.5) is 11.4 Å². The van der Waals surface area contributed by atoms with E-state index in [9.17, 15) is 22.8 Å². The van der Waals surface area contributed by atoms with Gasteiger partial charge in [-0.1, -0.05) is 30.3 Å². The Bertz CT molecular complexity index is 1610. The molecule has 0 saturated carbocycles. The van der Waals surface area contributed by atoms with Gasteiger partial charge < -0.3 is 25.6 Å². The maximum atomic E-state index is 13.4. The Morgan fingerprint density at radius 2 is 1.84 bits per heavy atom. The number of benzene rings is 2. The monoisotopic (exact) mass is 623 g/mol. The number of hydrogen-bond donors (Lipinski definition) is 4. The Morgan fingerprint density at radius 3 is 2.57 bits per heavy atom. The van der Waals surface area contributed by atoms with Crippen molar-refractivity contribution in [1.29, 1.82) is 0 Å². The molecule has 1 aliphatic rings.